The lowest BCUT2D eigenvalue weighted by molar-refractivity contribution is 0.0105. The van der Waals surface area contributed by atoms with Crippen LogP contribution in [0.5, 0.6) is 5.75 Å². The number of methoxy groups -OCH3 is 1. The molecule has 1 heterocycles. The summed E-state index contributed by atoms with van der Waals surface area (Å²) in [5, 5.41) is 0. The molecule has 0 amide bonds. The van der Waals surface area contributed by atoms with Crippen LogP contribution in [0.15, 0.2) is 18.3 Å². The third-order valence-electron chi connectivity index (χ3n) is 2.63. The van der Waals surface area contributed by atoms with Crippen molar-refractivity contribution in [1.29, 1.82) is 0 Å². The predicted octanol–water partition coefficient (Wildman–Crippen LogP) is 0.677. The number of carbonyl (C=O) groups excluding carboxylic acids is 1. The molecule has 0 aliphatic heterocycles. The van der Waals surface area contributed by atoms with Crippen LogP contribution in [-0.2, 0) is 18.9 Å². The van der Waals surface area contributed by atoms with E-state index in [0.717, 1.165) is 0 Å². The molecule has 0 atom stereocenters. The van der Waals surface area contributed by atoms with E-state index in [-0.39, 0.29) is 18.1 Å². The van der Waals surface area contributed by atoms with Gasteiger partial charge in [-0.15, -0.1) is 12.4 Å². The van der Waals surface area contributed by atoms with Crippen LogP contribution < -0.4 is 10.5 Å². The molecule has 1 aromatic rings. The number of hydrogen-bond acceptors (Lipinski definition) is 8. The Labute approximate surface area is 148 Å². The smallest absolute Gasteiger partial charge is 0.356 e. The molecule has 0 aromatic carbocycles. The summed E-state index contributed by atoms with van der Waals surface area (Å²) < 4.78 is 25.8. The molecule has 24 heavy (non-hydrogen) atoms. The highest BCUT2D eigenvalue weighted by atomic mass is 35.5. The number of rotatable bonds is 13. The van der Waals surface area contributed by atoms with E-state index >= 15 is 0 Å². The maximum atomic E-state index is 11.2. The minimum absolute atomic E-state index is 0. The van der Waals surface area contributed by atoms with Gasteiger partial charge >= 0.3 is 5.97 Å². The third kappa shape index (κ3) is 10.3. The third-order valence-corrected chi connectivity index (χ3v) is 2.63. The van der Waals surface area contributed by atoms with E-state index in [1.165, 1.54) is 13.3 Å². The van der Waals surface area contributed by atoms with Crippen molar-refractivity contribution in [2.24, 2.45) is 5.73 Å². The zero-order valence-corrected chi connectivity index (χ0v) is 14.6. The van der Waals surface area contributed by atoms with Crippen molar-refractivity contribution in [3.05, 3.63) is 24.0 Å². The van der Waals surface area contributed by atoms with Gasteiger partial charge in [-0.2, -0.15) is 0 Å². The molecular weight excluding hydrogens is 340 g/mol. The first-order chi connectivity index (χ1) is 11.3. The van der Waals surface area contributed by atoms with Crippen molar-refractivity contribution < 1.29 is 28.5 Å². The summed E-state index contributed by atoms with van der Waals surface area (Å²) in [6, 6.07) is 3.20. The molecule has 0 saturated carbocycles. The van der Waals surface area contributed by atoms with Gasteiger partial charge in [0.15, 0.2) is 0 Å². The Morgan fingerprint density at radius 2 is 1.58 bits per heavy atom. The Bertz CT molecular complexity index is 432. The quantitative estimate of drug-likeness (QED) is 0.402. The van der Waals surface area contributed by atoms with Gasteiger partial charge in [-0.25, -0.2) is 9.78 Å². The standard InChI is InChI=1S/C15H24N2O6.ClH/c1-19-15(18)14-3-2-13(12-17-14)23-11-10-22-9-8-21-7-6-20-5-4-16;/h2-3,12H,4-11,16H2,1H3;1H. The van der Waals surface area contributed by atoms with Crippen LogP contribution in [0.25, 0.3) is 0 Å². The zero-order valence-electron chi connectivity index (χ0n) is 13.8. The van der Waals surface area contributed by atoms with Gasteiger partial charge in [0.05, 0.1) is 52.9 Å². The van der Waals surface area contributed by atoms with E-state index in [0.29, 0.717) is 58.5 Å². The van der Waals surface area contributed by atoms with E-state index in [1.807, 2.05) is 0 Å². The average molecular weight is 365 g/mol. The Morgan fingerprint density at radius 3 is 2.08 bits per heavy atom. The second-order valence-electron chi connectivity index (χ2n) is 4.34. The van der Waals surface area contributed by atoms with Crippen LogP contribution in [0.2, 0.25) is 0 Å². The van der Waals surface area contributed by atoms with Crippen LogP contribution in [0.1, 0.15) is 10.5 Å². The molecule has 0 bridgehead atoms. The minimum Gasteiger partial charge on any atom is -0.490 e. The first kappa shape index (κ1) is 22.6. The number of carbonyl (C=O) groups is 1. The molecule has 1 rings (SSSR count). The molecule has 0 spiro atoms. The monoisotopic (exact) mass is 364 g/mol. The lowest BCUT2D eigenvalue weighted by Crippen LogP contribution is -2.14. The maximum absolute atomic E-state index is 11.2. The van der Waals surface area contributed by atoms with Crippen molar-refractivity contribution in [3.8, 4) is 5.75 Å². The van der Waals surface area contributed by atoms with Crippen molar-refractivity contribution >= 4 is 18.4 Å². The predicted molar refractivity (Wildman–Crippen MR) is 89.8 cm³/mol. The van der Waals surface area contributed by atoms with Gasteiger partial charge in [0, 0.05) is 6.54 Å². The average Bonchev–Trinajstić information content (AvgIpc) is 2.59. The Hall–Kier alpha value is -1.45. The van der Waals surface area contributed by atoms with E-state index in [9.17, 15) is 4.79 Å². The molecule has 8 nitrogen and oxygen atoms in total. The molecule has 1 aromatic heterocycles. The van der Waals surface area contributed by atoms with Crippen LogP contribution in [-0.4, -0.2) is 70.9 Å². The molecule has 138 valence electrons. The molecule has 0 unspecified atom stereocenters. The molecule has 0 aliphatic rings. The van der Waals surface area contributed by atoms with E-state index < -0.39 is 5.97 Å². The van der Waals surface area contributed by atoms with Gasteiger partial charge in [-0.1, -0.05) is 0 Å². The zero-order chi connectivity index (χ0) is 16.8. The van der Waals surface area contributed by atoms with Crippen LogP contribution >= 0.6 is 12.4 Å². The number of aromatic nitrogens is 1. The Morgan fingerprint density at radius 1 is 1.00 bits per heavy atom. The highest BCUT2D eigenvalue weighted by molar-refractivity contribution is 5.87. The number of pyridine rings is 1. The van der Waals surface area contributed by atoms with E-state index in [1.54, 1.807) is 12.1 Å². The van der Waals surface area contributed by atoms with E-state index in [2.05, 4.69) is 9.72 Å². The SMILES string of the molecule is COC(=O)c1ccc(OCCOCCOCCOCCN)cn1.Cl. The molecular formula is C15H25ClN2O6. The lowest BCUT2D eigenvalue weighted by Gasteiger charge is -2.08. The summed E-state index contributed by atoms with van der Waals surface area (Å²) in [4.78, 5) is 15.2. The first-order valence-corrected chi connectivity index (χ1v) is 7.38. The maximum Gasteiger partial charge on any atom is 0.356 e. The Balaban J connectivity index is 0.00000529. The van der Waals surface area contributed by atoms with Gasteiger partial charge in [-0.3, -0.25) is 0 Å². The number of esters is 1. The van der Waals surface area contributed by atoms with Gasteiger partial charge in [0.25, 0.3) is 0 Å². The van der Waals surface area contributed by atoms with Crippen molar-refractivity contribution in [3.63, 3.8) is 0 Å². The van der Waals surface area contributed by atoms with Crippen molar-refractivity contribution in [2.75, 3.05) is 59.9 Å². The summed E-state index contributed by atoms with van der Waals surface area (Å²) in [5.41, 5.74) is 5.52. The van der Waals surface area contributed by atoms with Gasteiger partial charge in [-0.05, 0) is 12.1 Å². The molecule has 2 N–H and O–H groups in total. The highest BCUT2D eigenvalue weighted by Gasteiger charge is 2.06. The topological polar surface area (TPSA) is 102 Å². The fourth-order valence-electron chi connectivity index (χ4n) is 1.53. The van der Waals surface area contributed by atoms with Crippen LogP contribution in [0.3, 0.4) is 0 Å². The number of hydrogen-bond donors (Lipinski definition) is 1. The highest BCUT2D eigenvalue weighted by Crippen LogP contribution is 2.09. The number of nitrogens with two attached hydrogens (primary N) is 1. The number of ether oxygens (including phenoxy) is 5. The molecule has 0 fully saturated rings. The molecule has 0 radical (unpaired) electrons. The second kappa shape index (κ2) is 15.1. The van der Waals surface area contributed by atoms with Crippen LogP contribution in [0, 0.1) is 0 Å². The van der Waals surface area contributed by atoms with Crippen LogP contribution in [0.4, 0.5) is 0 Å². The van der Waals surface area contributed by atoms with Gasteiger partial charge < -0.3 is 29.4 Å². The fourth-order valence-corrected chi connectivity index (χ4v) is 1.53. The summed E-state index contributed by atoms with van der Waals surface area (Å²) in [6.07, 6.45) is 1.47. The summed E-state index contributed by atoms with van der Waals surface area (Å²) in [7, 11) is 1.31. The van der Waals surface area contributed by atoms with E-state index in [4.69, 9.17) is 24.7 Å². The summed E-state index contributed by atoms with van der Waals surface area (Å²) >= 11 is 0. The second-order valence-corrected chi connectivity index (χ2v) is 4.34. The minimum atomic E-state index is -0.478. The normalized spacial score (nSPS) is 10.1. The van der Waals surface area contributed by atoms with Crippen molar-refractivity contribution in [2.45, 2.75) is 0 Å². The first-order valence-electron chi connectivity index (χ1n) is 7.38. The molecule has 9 heteroatoms. The largest absolute Gasteiger partial charge is 0.490 e. The van der Waals surface area contributed by atoms with Gasteiger partial charge in [0.2, 0.25) is 0 Å². The number of nitrogens with zero attached hydrogens (tertiary/aromatic N) is 1. The number of halogens is 1. The summed E-state index contributed by atoms with van der Waals surface area (Å²) in [5.74, 6) is 0.0860. The summed E-state index contributed by atoms with van der Waals surface area (Å²) in [6.45, 7) is 3.94. The Kier molecular flexibility index (Phi) is 14.2. The fraction of sp³-hybridized carbons (Fsp3) is 0.600. The van der Waals surface area contributed by atoms with Crippen molar-refractivity contribution in [1.82, 2.24) is 4.98 Å². The molecule has 0 saturated heterocycles. The van der Waals surface area contributed by atoms with Gasteiger partial charge in [0.1, 0.15) is 18.1 Å². The molecule has 0 aliphatic carbocycles. The lowest BCUT2D eigenvalue weighted by atomic mass is 10.3.